The number of nitrogen functional groups attached to an aromatic ring is 1. The van der Waals surface area contributed by atoms with Crippen molar-refractivity contribution in [3.8, 4) is 5.75 Å². The minimum atomic E-state index is -0.919. The maximum absolute atomic E-state index is 10.9. The van der Waals surface area contributed by atoms with Crippen LogP contribution in [0.15, 0.2) is 47.4 Å². The van der Waals surface area contributed by atoms with Crippen LogP contribution in [0.1, 0.15) is 15.9 Å². The minimum absolute atomic E-state index is 0.293. The molecule has 2 aromatic rings. The van der Waals surface area contributed by atoms with Crippen molar-refractivity contribution in [3.63, 3.8) is 0 Å². The third-order valence-electron chi connectivity index (χ3n) is 2.79. The van der Waals surface area contributed by atoms with Crippen molar-refractivity contribution in [1.82, 2.24) is 0 Å². The van der Waals surface area contributed by atoms with Crippen LogP contribution in [-0.4, -0.2) is 18.2 Å². The first-order valence-electron chi connectivity index (χ1n) is 5.98. The predicted octanol–water partition coefficient (Wildman–Crippen LogP) is 3.27. The molecule has 20 heavy (non-hydrogen) atoms. The smallest absolute Gasteiger partial charge is 0.335 e. The minimum Gasteiger partial charge on any atom is -0.497 e. The number of hydrogen-bond acceptors (Lipinski definition) is 4. The lowest BCUT2D eigenvalue weighted by atomic mass is 10.1. The molecule has 0 fully saturated rings. The van der Waals surface area contributed by atoms with E-state index in [9.17, 15) is 4.79 Å². The van der Waals surface area contributed by atoms with Gasteiger partial charge in [-0.15, -0.1) is 11.8 Å². The zero-order valence-corrected chi connectivity index (χ0v) is 11.8. The molecule has 2 aromatic carbocycles. The second-order valence-corrected chi connectivity index (χ2v) is 5.22. The Morgan fingerprint density at radius 2 is 2.10 bits per heavy atom. The molecule has 0 unspecified atom stereocenters. The molecule has 0 spiro atoms. The van der Waals surface area contributed by atoms with Gasteiger partial charge in [-0.1, -0.05) is 12.1 Å². The van der Waals surface area contributed by atoms with Gasteiger partial charge in [-0.05, 0) is 35.9 Å². The lowest BCUT2D eigenvalue weighted by molar-refractivity contribution is 0.0697. The van der Waals surface area contributed by atoms with E-state index in [4.69, 9.17) is 15.6 Å². The molecule has 4 nitrogen and oxygen atoms in total. The molecule has 0 aliphatic heterocycles. The van der Waals surface area contributed by atoms with Gasteiger partial charge in [0.25, 0.3) is 0 Å². The largest absolute Gasteiger partial charge is 0.497 e. The maximum atomic E-state index is 10.9. The second kappa shape index (κ2) is 6.34. The Bertz CT molecular complexity index is 628. The Balaban J connectivity index is 2.12. The van der Waals surface area contributed by atoms with Gasteiger partial charge in [-0.3, -0.25) is 0 Å². The molecule has 0 aliphatic carbocycles. The molecular weight excluding hydrogens is 274 g/mol. The number of nitrogens with two attached hydrogens (primary N) is 1. The van der Waals surface area contributed by atoms with Crippen LogP contribution in [0, 0.1) is 0 Å². The zero-order chi connectivity index (χ0) is 14.5. The molecule has 5 heteroatoms. The highest BCUT2D eigenvalue weighted by molar-refractivity contribution is 7.98. The lowest BCUT2D eigenvalue weighted by Crippen LogP contribution is -1.96. The SMILES string of the molecule is COc1ccc(N)c(SCc2cccc(C(=O)O)c2)c1. The summed E-state index contributed by atoms with van der Waals surface area (Å²) in [5, 5.41) is 8.96. The summed E-state index contributed by atoms with van der Waals surface area (Å²) in [5.74, 6) is 0.483. The molecule has 0 saturated heterocycles. The van der Waals surface area contributed by atoms with Crippen LogP contribution in [0.5, 0.6) is 5.75 Å². The van der Waals surface area contributed by atoms with Crippen LogP contribution < -0.4 is 10.5 Å². The van der Waals surface area contributed by atoms with Gasteiger partial charge >= 0.3 is 5.97 Å². The van der Waals surface area contributed by atoms with Crippen molar-refractivity contribution in [1.29, 1.82) is 0 Å². The number of rotatable bonds is 5. The molecule has 0 amide bonds. The number of thioether (sulfide) groups is 1. The van der Waals surface area contributed by atoms with Crippen molar-refractivity contribution in [2.75, 3.05) is 12.8 Å². The Morgan fingerprint density at radius 3 is 2.80 bits per heavy atom. The maximum Gasteiger partial charge on any atom is 0.335 e. The number of benzene rings is 2. The van der Waals surface area contributed by atoms with Crippen LogP contribution in [0.25, 0.3) is 0 Å². The highest BCUT2D eigenvalue weighted by Gasteiger charge is 2.06. The Labute approximate surface area is 121 Å². The van der Waals surface area contributed by atoms with E-state index in [-0.39, 0.29) is 0 Å². The number of methoxy groups -OCH3 is 1. The van der Waals surface area contributed by atoms with Crippen molar-refractivity contribution in [2.24, 2.45) is 0 Å². The summed E-state index contributed by atoms with van der Waals surface area (Å²) in [7, 11) is 1.61. The summed E-state index contributed by atoms with van der Waals surface area (Å²) >= 11 is 1.55. The average Bonchev–Trinajstić information content (AvgIpc) is 2.46. The summed E-state index contributed by atoms with van der Waals surface area (Å²) in [6.45, 7) is 0. The van der Waals surface area contributed by atoms with Crippen LogP contribution in [0.4, 0.5) is 5.69 Å². The number of carboxylic acids is 1. The Hall–Kier alpha value is -2.14. The molecule has 0 radical (unpaired) electrons. The summed E-state index contributed by atoms with van der Waals surface area (Å²) in [4.78, 5) is 11.8. The van der Waals surface area contributed by atoms with E-state index in [0.717, 1.165) is 16.2 Å². The van der Waals surface area contributed by atoms with E-state index in [1.54, 1.807) is 43.1 Å². The van der Waals surface area contributed by atoms with Gasteiger partial charge in [0, 0.05) is 16.3 Å². The number of hydrogen-bond donors (Lipinski definition) is 2. The topological polar surface area (TPSA) is 72.5 Å². The zero-order valence-electron chi connectivity index (χ0n) is 11.0. The third-order valence-corrected chi connectivity index (χ3v) is 3.93. The number of ether oxygens (including phenoxy) is 1. The van der Waals surface area contributed by atoms with Gasteiger partial charge in [0.1, 0.15) is 5.75 Å². The fourth-order valence-corrected chi connectivity index (χ4v) is 2.66. The first-order chi connectivity index (χ1) is 9.60. The Kier molecular flexibility index (Phi) is 4.53. The first-order valence-corrected chi connectivity index (χ1v) is 6.97. The monoisotopic (exact) mass is 289 g/mol. The molecule has 0 aliphatic rings. The quantitative estimate of drug-likeness (QED) is 0.653. The number of carbonyl (C=O) groups is 1. The van der Waals surface area contributed by atoms with Crippen molar-refractivity contribution in [3.05, 3.63) is 53.6 Å². The second-order valence-electron chi connectivity index (χ2n) is 4.20. The molecule has 0 bridgehead atoms. The molecule has 104 valence electrons. The van der Waals surface area contributed by atoms with Crippen LogP contribution in [0.2, 0.25) is 0 Å². The standard InChI is InChI=1S/C15H15NO3S/c1-19-12-5-6-13(16)14(8-12)20-9-10-3-2-4-11(7-10)15(17)18/h2-8H,9,16H2,1H3,(H,17,18). The fourth-order valence-electron chi connectivity index (χ4n) is 1.72. The van der Waals surface area contributed by atoms with Gasteiger partial charge in [-0.2, -0.15) is 0 Å². The summed E-state index contributed by atoms with van der Waals surface area (Å²) in [6, 6.07) is 12.4. The highest BCUT2D eigenvalue weighted by atomic mass is 32.2. The van der Waals surface area contributed by atoms with Crippen LogP contribution in [0.3, 0.4) is 0 Å². The summed E-state index contributed by atoms with van der Waals surface area (Å²) < 4.78 is 5.17. The van der Waals surface area contributed by atoms with Crippen LogP contribution >= 0.6 is 11.8 Å². The van der Waals surface area contributed by atoms with E-state index < -0.39 is 5.97 Å². The van der Waals surface area contributed by atoms with Gasteiger partial charge in [0.05, 0.1) is 12.7 Å². The van der Waals surface area contributed by atoms with E-state index in [2.05, 4.69) is 0 Å². The highest BCUT2D eigenvalue weighted by Crippen LogP contribution is 2.31. The summed E-state index contributed by atoms with van der Waals surface area (Å²) in [5.41, 5.74) is 7.84. The predicted molar refractivity (Wildman–Crippen MR) is 80.4 cm³/mol. The number of aromatic carboxylic acids is 1. The first kappa shape index (κ1) is 14.3. The van der Waals surface area contributed by atoms with Gasteiger partial charge < -0.3 is 15.6 Å². The normalized spacial score (nSPS) is 10.2. The third kappa shape index (κ3) is 3.45. The lowest BCUT2D eigenvalue weighted by Gasteiger charge is -2.08. The molecule has 0 aromatic heterocycles. The fraction of sp³-hybridized carbons (Fsp3) is 0.133. The molecule has 0 heterocycles. The van der Waals surface area contributed by atoms with E-state index in [0.29, 0.717) is 17.0 Å². The van der Waals surface area contributed by atoms with Crippen LogP contribution in [-0.2, 0) is 5.75 Å². The molecule has 0 saturated carbocycles. The average molecular weight is 289 g/mol. The van der Waals surface area contributed by atoms with E-state index >= 15 is 0 Å². The number of anilines is 1. The molecule has 0 atom stereocenters. The van der Waals surface area contributed by atoms with E-state index in [1.807, 2.05) is 18.2 Å². The van der Waals surface area contributed by atoms with Crippen molar-refractivity contribution in [2.45, 2.75) is 10.6 Å². The molecule has 2 rings (SSSR count). The summed E-state index contributed by atoms with van der Waals surface area (Å²) in [6.07, 6.45) is 0. The number of carboxylic acid groups (broad SMARTS) is 1. The van der Waals surface area contributed by atoms with Gasteiger partial charge in [0.2, 0.25) is 0 Å². The molecular formula is C15H15NO3S. The van der Waals surface area contributed by atoms with Crippen molar-refractivity contribution < 1.29 is 14.6 Å². The van der Waals surface area contributed by atoms with Gasteiger partial charge in [0.15, 0.2) is 0 Å². The van der Waals surface area contributed by atoms with E-state index in [1.165, 1.54) is 0 Å². The molecule has 3 N–H and O–H groups in total. The van der Waals surface area contributed by atoms with Crippen molar-refractivity contribution >= 4 is 23.4 Å². The Morgan fingerprint density at radius 1 is 1.30 bits per heavy atom. The van der Waals surface area contributed by atoms with Gasteiger partial charge in [-0.25, -0.2) is 4.79 Å².